The van der Waals surface area contributed by atoms with Crippen molar-refractivity contribution in [3.05, 3.63) is 24.0 Å². The SMILES string of the molecule is Cn1ncnc1CC(=O)c1cnsn1. The molecule has 0 unspecified atom stereocenters. The van der Waals surface area contributed by atoms with Gasteiger partial charge in [0, 0.05) is 7.05 Å². The molecule has 2 aromatic heterocycles. The van der Waals surface area contributed by atoms with E-state index in [0.29, 0.717) is 11.5 Å². The maximum Gasteiger partial charge on any atom is 0.191 e. The van der Waals surface area contributed by atoms with Crippen LogP contribution in [0.2, 0.25) is 0 Å². The van der Waals surface area contributed by atoms with Crippen molar-refractivity contribution < 1.29 is 4.79 Å². The van der Waals surface area contributed by atoms with Crippen molar-refractivity contribution in [1.29, 1.82) is 0 Å². The van der Waals surface area contributed by atoms with Gasteiger partial charge in [-0.2, -0.15) is 13.8 Å². The van der Waals surface area contributed by atoms with Crippen LogP contribution < -0.4 is 0 Å². The van der Waals surface area contributed by atoms with E-state index in [1.165, 1.54) is 12.5 Å². The molecule has 0 spiro atoms. The van der Waals surface area contributed by atoms with Gasteiger partial charge in [-0.05, 0) is 0 Å². The van der Waals surface area contributed by atoms with Crippen LogP contribution in [0.15, 0.2) is 12.5 Å². The van der Waals surface area contributed by atoms with Crippen molar-refractivity contribution in [2.24, 2.45) is 7.05 Å². The number of carbonyl (C=O) groups is 1. The molecule has 0 radical (unpaired) electrons. The van der Waals surface area contributed by atoms with Crippen LogP contribution in [0.3, 0.4) is 0 Å². The zero-order chi connectivity index (χ0) is 9.97. The van der Waals surface area contributed by atoms with Crippen LogP contribution in [0.4, 0.5) is 0 Å². The van der Waals surface area contributed by atoms with E-state index in [9.17, 15) is 4.79 Å². The minimum absolute atomic E-state index is 0.0881. The largest absolute Gasteiger partial charge is 0.292 e. The summed E-state index contributed by atoms with van der Waals surface area (Å²) in [6, 6.07) is 0. The number of rotatable bonds is 3. The molecule has 0 saturated heterocycles. The Morgan fingerprint density at radius 1 is 1.64 bits per heavy atom. The van der Waals surface area contributed by atoms with Gasteiger partial charge in [-0.15, -0.1) is 0 Å². The molecule has 2 heterocycles. The van der Waals surface area contributed by atoms with Gasteiger partial charge in [-0.25, -0.2) is 4.98 Å². The monoisotopic (exact) mass is 209 g/mol. The zero-order valence-electron chi connectivity index (χ0n) is 7.41. The Labute approximate surface area is 83.9 Å². The smallest absolute Gasteiger partial charge is 0.191 e. The topological polar surface area (TPSA) is 73.6 Å². The highest BCUT2D eigenvalue weighted by molar-refractivity contribution is 6.99. The average molecular weight is 209 g/mol. The molecule has 14 heavy (non-hydrogen) atoms. The van der Waals surface area contributed by atoms with Gasteiger partial charge in [-0.1, -0.05) is 0 Å². The Hall–Kier alpha value is -1.63. The van der Waals surface area contributed by atoms with Crippen LogP contribution in [0.5, 0.6) is 0 Å². The van der Waals surface area contributed by atoms with E-state index >= 15 is 0 Å². The molecule has 2 rings (SSSR count). The quantitative estimate of drug-likeness (QED) is 0.670. The number of Topliss-reactive ketones (excluding diaryl/α,β-unsaturated/α-hetero) is 1. The molecule has 0 amide bonds. The molecule has 0 saturated carbocycles. The van der Waals surface area contributed by atoms with Crippen molar-refractivity contribution in [3.8, 4) is 0 Å². The summed E-state index contributed by atoms with van der Waals surface area (Å²) >= 11 is 1.02. The van der Waals surface area contributed by atoms with E-state index in [0.717, 1.165) is 11.7 Å². The van der Waals surface area contributed by atoms with Crippen molar-refractivity contribution in [3.63, 3.8) is 0 Å². The fourth-order valence-electron chi connectivity index (χ4n) is 1.00. The third-order valence-electron chi connectivity index (χ3n) is 1.77. The molecule has 0 aromatic carbocycles. The summed E-state index contributed by atoms with van der Waals surface area (Å²) in [5, 5.41) is 3.87. The number of carbonyl (C=O) groups excluding carboxylic acids is 1. The molecule has 6 nitrogen and oxygen atoms in total. The Bertz CT molecular complexity index is 435. The second kappa shape index (κ2) is 3.62. The fraction of sp³-hybridized carbons (Fsp3) is 0.286. The number of aromatic nitrogens is 5. The molecule has 0 atom stereocenters. The molecule has 0 N–H and O–H groups in total. The lowest BCUT2D eigenvalue weighted by Gasteiger charge is -1.96. The summed E-state index contributed by atoms with van der Waals surface area (Å²) in [6.07, 6.45) is 3.09. The predicted octanol–water partition coefficient (Wildman–Crippen LogP) is 0.0920. The Kier molecular flexibility index (Phi) is 2.32. The highest BCUT2D eigenvalue weighted by Crippen LogP contribution is 2.02. The summed E-state index contributed by atoms with van der Waals surface area (Å²) < 4.78 is 9.18. The standard InChI is InChI=1S/C7H7N5OS/c1-12-7(8-4-9-12)2-6(13)5-3-10-14-11-5/h3-4H,2H2,1H3. The average Bonchev–Trinajstić information content (AvgIpc) is 2.77. The van der Waals surface area contributed by atoms with E-state index in [-0.39, 0.29) is 12.2 Å². The second-order valence-electron chi connectivity index (χ2n) is 2.69. The number of nitrogens with zero attached hydrogens (tertiary/aromatic N) is 5. The number of ketones is 1. The second-order valence-corrected chi connectivity index (χ2v) is 3.25. The van der Waals surface area contributed by atoms with E-state index in [4.69, 9.17) is 0 Å². The predicted molar refractivity (Wildman–Crippen MR) is 48.9 cm³/mol. The van der Waals surface area contributed by atoms with E-state index in [2.05, 4.69) is 18.8 Å². The summed E-state index contributed by atoms with van der Waals surface area (Å²) in [4.78, 5) is 15.5. The summed E-state index contributed by atoms with van der Waals surface area (Å²) in [6.45, 7) is 0. The van der Waals surface area contributed by atoms with E-state index in [1.54, 1.807) is 11.7 Å². The van der Waals surface area contributed by atoms with Crippen LogP contribution in [0.1, 0.15) is 16.3 Å². The lowest BCUT2D eigenvalue weighted by atomic mass is 10.2. The molecule has 0 aliphatic rings. The van der Waals surface area contributed by atoms with Gasteiger partial charge in [0.05, 0.1) is 24.3 Å². The van der Waals surface area contributed by atoms with Crippen molar-refractivity contribution in [2.75, 3.05) is 0 Å². The van der Waals surface area contributed by atoms with Gasteiger partial charge in [0.1, 0.15) is 17.8 Å². The maximum absolute atomic E-state index is 11.5. The first-order chi connectivity index (χ1) is 6.77. The lowest BCUT2D eigenvalue weighted by Crippen LogP contribution is -2.09. The van der Waals surface area contributed by atoms with Gasteiger partial charge < -0.3 is 0 Å². The van der Waals surface area contributed by atoms with Gasteiger partial charge >= 0.3 is 0 Å². The molecule has 2 aromatic rings. The minimum atomic E-state index is -0.0881. The highest BCUT2D eigenvalue weighted by Gasteiger charge is 2.12. The molecular weight excluding hydrogens is 202 g/mol. The first-order valence-corrected chi connectivity index (χ1v) is 4.64. The third kappa shape index (κ3) is 1.67. The van der Waals surface area contributed by atoms with Crippen molar-refractivity contribution in [1.82, 2.24) is 23.5 Å². The zero-order valence-corrected chi connectivity index (χ0v) is 8.23. The van der Waals surface area contributed by atoms with Gasteiger partial charge in [0.2, 0.25) is 0 Å². The summed E-state index contributed by atoms with van der Waals surface area (Å²) in [7, 11) is 1.74. The normalized spacial score (nSPS) is 10.4. The first kappa shape index (κ1) is 8.95. The molecule has 7 heteroatoms. The lowest BCUT2D eigenvalue weighted by molar-refractivity contribution is 0.0986. The van der Waals surface area contributed by atoms with Crippen molar-refractivity contribution in [2.45, 2.75) is 6.42 Å². The van der Waals surface area contributed by atoms with Crippen molar-refractivity contribution >= 4 is 17.5 Å². The van der Waals surface area contributed by atoms with Crippen LogP contribution in [-0.4, -0.2) is 29.3 Å². The molecule has 0 bridgehead atoms. The fourth-order valence-corrected chi connectivity index (χ4v) is 1.43. The number of hydrogen-bond acceptors (Lipinski definition) is 6. The summed E-state index contributed by atoms with van der Waals surface area (Å²) in [5.74, 6) is 0.540. The molecule has 0 aliphatic heterocycles. The number of aryl methyl sites for hydroxylation is 1. The van der Waals surface area contributed by atoms with Gasteiger partial charge in [0.15, 0.2) is 5.78 Å². The minimum Gasteiger partial charge on any atom is -0.292 e. The van der Waals surface area contributed by atoms with Crippen LogP contribution in [0.25, 0.3) is 0 Å². The first-order valence-electron chi connectivity index (χ1n) is 3.91. The Morgan fingerprint density at radius 3 is 3.07 bits per heavy atom. The van der Waals surface area contributed by atoms with Gasteiger partial charge in [0.25, 0.3) is 0 Å². The maximum atomic E-state index is 11.5. The molecule has 0 aliphatic carbocycles. The summed E-state index contributed by atoms with van der Waals surface area (Å²) in [5.41, 5.74) is 0.387. The molecule has 72 valence electrons. The van der Waals surface area contributed by atoms with Crippen LogP contribution >= 0.6 is 11.7 Å². The molecular formula is C7H7N5OS. The highest BCUT2D eigenvalue weighted by atomic mass is 32.1. The number of hydrogen-bond donors (Lipinski definition) is 0. The Balaban J connectivity index is 2.13. The van der Waals surface area contributed by atoms with Crippen LogP contribution in [-0.2, 0) is 13.5 Å². The van der Waals surface area contributed by atoms with Crippen LogP contribution in [0, 0.1) is 0 Å². The van der Waals surface area contributed by atoms with E-state index in [1.807, 2.05) is 0 Å². The van der Waals surface area contributed by atoms with Gasteiger partial charge in [-0.3, -0.25) is 9.48 Å². The Morgan fingerprint density at radius 2 is 2.50 bits per heavy atom. The third-order valence-corrected chi connectivity index (χ3v) is 2.25. The molecule has 0 fully saturated rings. The van der Waals surface area contributed by atoms with E-state index < -0.39 is 0 Å².